The van der Waals surface area contributed by atoms with E-state index in [0.717, 1.165) is 13.1 Å². The van der Waals surface area contributed by atoms with Gasteiger partial charge in [-0.2, -0.15) is 0 Å². The second kappa shape index (κ2) is 7.67. The van der Waals surface area contributed by atoms with Crippen LogP contribution in [0.25, 0.3) is 0 Å². The number of benzene rings is 1. The summed E-state index contributed by atoms with van der Waals surface area (Å²) in [6.07, 6.45) is 2.51. The predicted molar refractivity (Wildman–Crippen MR) is 107 cm³/mol. The van der Waals surface area contributed by atoms with Gasteiger partial charge in [0, 0.05) is 37.8 Å². The van der Waals surface area contributed by atoms with Gasteiger partial charge in [0.2, 0.25) is 0 Å². The molecule has 1 spiro atoms. The highest BCUT2D eigenvalue weighted by Crippen LogP contribution is 2.32. The smallest absolute Gasteiger partial charge is 0.325 e. The molecule has 8 heteroatoms. The van der Waals surface area contributed by atoms with Crippen molar-refractivity contribution in [2.24, 2.45) is 0 Å². The average molecular weight is 400 g/mol. The Morgan fingerprint density at radius 2 is 1.83 bits per heavy atom. The van der Waals surface area contributed by atoms with Crippen molar-refractivity contribution in [3.8, 4) is 5.75 Å². The van der Waals surface area contributed by atoms with E-state index in [1.165, 1.54) is 4.90 Å². The molecule has 0 aliphatic carbocycles. The van der Waals surface area contributed by atoms with Crippen molar-refractivity contribution >= 4 is 17.8 Å². The molecule has 0 radical (unpaired) electrons. The third-order valence-electron chi connectivity index (χ3n) is 6.47. The van der Waals surface area contributed by atoms with Gasteiger partial charge in [-0.25, -0.2) is 4.79 Å². The summed E-state index contributed by atoms with van der Waals surface area (Å²) in [4.78, 5) is 44.0. The maximum Gasteiger partial charge on any atom is 0.325 e. The zero-order chi connectivity index (χ0) is 20.6. The lowest BCUT2D eigenvalue weighted by atomic mass is 9.87. The molecule has 29 heavy (non-hydrogen) atoms. The number of carbonyl (C=O) groups is 3. The zero-order valence-electron chi connectivity index (χ0n) is 17.0. The molecule has 0 unspecified atom stereocenters. The summed E-state index contributed by atoms with van der Waals surface area (Å²) in [7, 11) is 3.60. The number of hydrogen-bond acceptors (Lipinski definition) is 5. The van der Waals surface area contributed by atoms with Crippen molar-refractivity contribution in [3.05, 3.63) is 29.8 Å². The third-order valence-corrected chi connectivity index (χ3v) is 6.47. The van der Waals surface area contributed by atoms with Gasteiger partial charge < -0.3 is 19.9 Å². The Morgan fingerprint density at radius 1 is 1.14 bits per heavy atom. The lowest BCUT2D eigenvalue weighted by molar-refractivity contribution is -0.135. The lowest BCUT2D eigenvalue weighted by Gasteiger charge is -2.37. The monoisotopic (exact) mass is 400 g/mol. The molecule has 4 amide bonds. The van der Waals surface area contributed by atoms with Crippen molar-refractivity contribution in [3.63, 3.8) is 0 Å². The van der Waals surface area contributed by atoms with Gasteiger partial charge in [0.05, 0.1) is 7.11 Å². The SMILES string of the molecule is COc1cccc(C(=O)N2CCC(N3C(=O)NC4(CCN(C)CC4)C3=O)CC2)c1. The minimum absolute atomic E-state index is 0.0497. The van der Waals surface area contributed by atoms with Gasteiger partial charge >= 0.3 is 6.03 Å². The van der Waals surface area contributed by atoms with Crippen molar-refractivity contribution in [1.82, 2.24) is 20.0 Å². The number of amides is 4. The van der Waals surface area contributed by atoms with E-state index in [4.69, 9.17) is 4.74 Å². The van der Waals surface area contributed by atoms with Crippen molar-refractivity contribution in [2.45, 2.75) is 37.3 Å². The number of nitrogens with one attached hydrogen (secondary N) is 1. The van der Waals surface area contributed by atoms with E-state index in [1.807, 2.05) is 7.05 Å². The van der Waals surface area contributed by atoms with Crippen molar-refractivity contribution in [1.29, 1.82) is 0 Å². The first-order chi connectivity index (χ1) is 13.9. The fraction of sp³-hybridized carbons (Fsp3) is 0.571. The highest BCUT2D eigenvalue weighted by atomic mass is 16.5. The van der Waals surface area contributed by atoms with Crippen LogP contribution in [0.5, 0.6) is 5.75 Å². The number of urea groups is 1. The van der Waals surface area contributed by atoms with Crippen LogP contribution in [0.2, 0.25) is 0 Å². The van der Waals surface area contributed by atoms with Gasteiger partial charge in [0.15, 0.2) is 0 Å². The molecule has 3 fully saturated rings. The fourth-order valence-electron chi connectivity index (χ4n) is 4.58. The van der Waals surface area contributed by atoms with Crippen LogP contribution < -0.4 is 10.1 Å². The minimum atomic E-state index is -0.739. The van der Waals surface area contributed by atoms with E-state index >= 15 is 0 Å². The number of nitrogens with zero attached hydrogens (tertiary/aromatic N) is 3. The van der Waals surface area contributed by atoms with Crippen LogP contribution in [0.3, 0.4) is 0 Å². The molecule has 3 heterocycles. The Labute approximate surface area is 170 Å². The summed E-state index contributed by atoms with van der Waals surface area (Å²) in [5.41, 5.74) is -0.153. The largest absolute Gasteiger partial charge is 0.497 e. The molecular formula is C21H28N4O4. The summed E-state index contributed by atoms with van der Waals surface area (Å²) in [5, 5.41) is 2.98. The van der Waals surface area contributed by atoms with E-state index in [1.54, 1.807) is 36.3 Å². The van der Waals surface area contributed by atoms with Crippen LogP contribution in [0.4, 0.5) is 4.79 Å². The predicted octanol–water partition coefficient (Wildman–Crippen LogP) is 1.32. The molecule has 3 saturated heterocycles. The summed E-state index contributed by atoms with van der Waals surface area (Å²) < 4.78 is 5.20. The number of hydrogen-bond donors (Lipinski definition) is 1. The second-order valence-corrected chi connectivity index (χ2v) is 8.25. The lowest BCUT2D eigenvalue weighted by Crippen LogP contribution is -2.55. The van der Waals surface area contributed by atoms with Crippen LogP contribution in [-0.4, -0.2) is 84.5 Å². The molecule has 1 aromatic carbocycles. The number of imide groups is 1. The number of piperidine rings is 2. The normalized spacial score (nSPS) is 22.8. The van der Waals surface area contributed by atoms with E-state index in [2.05, 4.69) is 10.2 Å². The molecule has 1 N–H and O–H groups in total. The van der Waals surface area contributed by atoms with Crippen LogP contribution in [0.1, 0.15) is 36.0 Å². The van der Waals surface area contributed by atoms with Gasteiger partial charge in [-0.15, -0.1) is 0 Å². The zero-order valence-corrected chi connectivity index (χ0v) is 17.0. The van der Waals surface area contributed by atoms with Gasteiger partial charge in [-0.3, -0.25) is 14.5 Å². The Kier molecular flexibility index (Phi) is 5.21. The summed E-state index contributed by atoms with van der Waals surface area (Å²) in [6.45, 7) is 2.64. The molecule has 0 bridgehead atoms. The molecule has 3 aliphatic heterocycles. The van der Waals surface area contributed by atoms with E-state index in [0.29, 0.717) is 50.1 Å². The second-order valence-electron chi connectivity index (χ2n) is 8.25. The number of carbonyl (C=O) groups excluding carboxylic acids is 3. The van der Waals surface area contributed by atoms with Crippen molar-refractivity contribution in [2.75, 3.05) is 40.3 Å². The Hall–Kier alpha value is -2.61. The molecule has 0 atom stereocenters. The van der Waals surface area contributed by atoms with Gasteiger partial charge in [0.1, 0.15) is 11.3 Å². The Balaban J connectivity index is 1.40. The first-order valence-electron chi connectivity index (χ1n) is 10.2. The highest BCUT2D eigenvalue weighted by Gasteiger charge is 2.54. The maximum absolute atomic E-state index is 13.1. The topological polar surface area (TPSA) is 82.2 Å². The molecule has 0 aromatic heterocycles. The average Bonchev–Trinajstić information content (AvgIpc) is 2.99. The number of likely N-dealkylation sites (tertiary alicyclic amines) is 2. The van der Waals surface area contributed by atoms with Crippen molar-refractivity contribution < 1.29 is 19.1 Å². The minimum Gasteiger partial charge on any atom is -0.497 e. The van der Waals surface area contributed by atoms with E-state index < -0.39 is 5.54 Å². The van der Waals surface area contributed by atoms with E-state index in [-0.39, 0.29) is 23.9 Å². The van der Waals surface area contributed by atoms with Crippen LogP contribution in [-0.2, 0) is 4.79 Å². The highest BCUT2D eigenvalue weighted by molar-refractivity contribution is 6.07. The molecule has 3 aliphatic rings. The molecular weight excluding hydrogens is 372 g/mol. The first-order valence-corrected chi connectivity index (χ1v) is 10.2. The maximum atomic E-state index is 13.1. The number of rotatable bonds is 3. The molecule has 8 nitrogen and oxygen atoms in total. The summed E-state index contributed by atoms with van der Waals surface area (Å²) in [5.74, 6) is 0.507. The molecule has 0 saturated carbocycles. The number of methoxy groups -OCH3 is 1. The number of ether oxygens (including phenoxy) is 1. The van der Waals surface area contributed by atoms with Crippen LogP contribution in [0, 0.1) is 0 Å². The van der Waals surface area contributed by atoms with Crippen LogP contribution >= 0.6 is 0 Å². The summed E-state index contributed by atoms with van der Waals surface area (Å²) in [6, 6.07) is 6.67. The quantitative estimate of drug-likeness (QED) is 0.774. The van der Waals surface area contributed by atoms with Crippen LogP contribution in [0.15, 0.2) is 24.3 Å². The Bertz CT molecular complexity index is 811. The standard InChI is InChI=1S/C21H28N4O4/c1-23-12-8-21(9-13-23)19(27)25(20(28)22-21)16-6-10-24(11-7-16)18(26)15-4-3-5-17(14-15)29-2/h3-5,14,16H,6-13H2,1-2H3,(H,22,28). The molecule has 1 aromatic rings. The van der Waals surface area contributed by atoms with E-state index in [9.17, 15) is 14.4 Å². The molecule has 156 valence electrons. The molecule has 4 rings (SSSR count). The first kappa shape index (κ1) is 19.7. The van der Waals surface area contributed by atoms with Gasteiger partial charge in [-0.1, -0.05) is 6.07 Å². The fourth-order valence-corrected chi connectivity index (χ4v) is 4.58. The summed E-state index contributed by atoms with van der Waals surface area (Å²) >= 11 is 0. The van der Waals surface area contributed by atoms with Gasteiger partial charge in [0.25, 0.3) is 11.8 Å². The van der Waals surface area contributed by atoms with Gasteiger partial charge in [-0.05, 0) is 50.9 Å². The Morgan fingerprint density at radius 3 is 2.48 bits per heavy atom. The third kappa shape index (κ3) is 3.57.